The van der Waals surface area contributed by atoms with Crippen LogP contribution in [0.15, 0.2) is 0 Å². The molecule has 0 fully saturated rings. The summed E-state index contributed by atoms with van der Waals surface area (Å²) in [7, 11) is 0. The van der Waals surface area contributed by atoms with Gasteiger partial charge in [0.2, 0.25) is 0 Å². The molecule has 0 rings (SSSR count). The van der Waals surface area contributed by atoms with Crippen LogP contribution in [0.5, 0.6) is 0 Å². The highest BCUT2D eigenvalue weighted by Crippen LogP contribution is 2.16. The van der Waals surface area contributed by atoms with Gasteiger partial charge in [0.25, 0.3) is 0 Å². The molecule has 0 spiro atoms. The van der Waals surface area contributed by atoms with E-state index in [4.69, 9.17) is 14.2 Å². The van der Waals surface area contributed by atoms with Crippen LogP contribution in [0, 0.1) is 11.8 Å². The topological polar surface area (TPSA) is 78.9 Å². The molecule has 0 aliphatic heterocycles. The van der Waals surface area contributed by atoms with Crippen molar-refractivity contribution in [2.24, 2.45) is 11.8 Å². The average Bonchev–Trinajstić information content (AvgIpc) is 3.06. The smallest absolute Gasteiger partial charge is 0.306 e. The number of esters is 3. The van der Waals surface area contributed by atoms with Crippen molar-refractivity contribution in [3.05, 3.63) is 0 Å². The van der Waals surface area contributed by atoms with Crippen molar-refractivity contribution in [2.45, 2.75) is 233 Å². The molecule has 0 unspecified atom stereocenters. The first-order valence-electron chi connectivity index (χ1n) is 21.2. The van der Waals surface area contributed by atoms with E-state index < -0.39 is 6.10 Å². The molecular formula is C43H82O6. The Balaban J connectivity index is 4.20. The van der Waals surface area contributed by atoms with Gasteiger partial charge < -0.3 is 14.2 Å². The van der Waals surface area contributed by atoms with Crippen LogP contribution in [0.4, 0.5) is 0 Å². The lowest BCUT2D eigenvalue weighted by molar-refractivity contribution is -0.167. The predicted molar refractivity (Wildman–Crippen MR) is 206 cm³/mol. The van der Waals surface area contributed by atoms with Gasteiger partial charge in [-0.2, -0.15) is 0 Å². The van der Waals surface area contributed by atoms with E-state index in [-0.39, 0.29) is 31.1 Å². The predicted octanol–water partition coefficient (Wildman–Crippen LogP) is 13.0. The molecule has 0 radical (unpaired) electrons. The van der Waals surface area contributed by atoms with Crippen LogP contribution in [0.3, 0.4) is 0 Å². The molecule has 49 heavy (non-hydrogen) atoms. The van der Waals surface area contributed by atoms with E-state index in [0.717, 1.165) is 76.0 Å². The van der Waals surface area contributed by atoms with E-state index in [1.807, 2.05) is 0 Å². The zero-order chi connectivity index (χ0) is 36.2. The molecule has 0 bridgehead atoms. The Labute approximate surface area is 304 Å². The molecular weight excluding hydrogens is 612 g/mol. The number of ether oxygens (including phenoxy) is 3. The van der Waals surface area contributed by atoms with Crippen LogP contribution in [-0.4, -0.2) is 37.2 Å². The number of unbranched alkanes of at least 4 members (excludes halogenated alkanes) is 22. The third-order valence-electron chi connectivity index (χ3n) is 9.47. The molecule has 0 aliphatic rings. The third-order valence-corrected chi connectivity index (χ3v) is 9.47. The van der Waals surface area contributed by atoms with E-state index in [9.17, 15) is 14.4 Å². The van der Waals surface area contributed by atoms with Gasteiger partial charge in [-0.25, -0.2) is 0 Å². The minimum Gasteiger partial charge on any atom is -0.462 e. The van der Waals surface area contributed by atoms with Gasteiger partial charge in [0, 0.05) is 19.3 Å². The van der Waals surface area contributed by atoms with Crippen LogP contribution >= 0.6 is 0 Å². The van der Waals surface area contributed by atoms with Crippen molar-refractivity contribution in [3.63, 3.8) is 0 Å². The van der Waals surface area contributed by atoms with Gasteiger partial charge in [0.05, 0.1) is 0 Å². The molecule has 0 aromatic heterocycles. The molecule has 0 amide bonds. The Hall–Kier alpha value is -1.59. The number of carbonyl (C=O) groups excluding carboxylic acids is 3. The first-order valence-corrected chi connectivity index (χ1v) is 21.2. The van der Waals surface area contributed by atoms with Gasteiger partial charge >= 0.3 is 17.9 Å². The minimum absolute atomic E-state index is 0.0671. The first kappa shape index (κ1) is 47.4. The summed E-state index contributed by atoms with van der Waals surface area (Å²) >= 11 is 0. The number of hydrogen-bond acceptors (Lipinski definition) is 6. The fourth-order valence-corrected chi connectivity index (χ4v) is 6.22. The largest absolute Gasteiger partial charge is 0.462 e. The summed E-state index contributed by atoms with van der Waals surface area (Å²) in [5, 5.41) is 0. The van der Waals surface area contributed by atoms with Crippen molar-refractivity contribution in [1.29, 1.82) is 0 Å². The van der Waals surface area contributed by atoms with E-state index >= 15 is 0 Å². The maximum atomic E-state index is 12.6. The average molecular weight is 695 g/mol. The second kappa shape index (κ2) is 36.2. The van der Waals surface area contributed by atoms with Crippen LogP contribution in [0.2, 0.25) is 0 Å². The lowest BCUT2D eigenvalue weighted by Crippen LogP contribution is -2.30. The highest BCUT2D eigenvalue weighted by molar-refractivity contribution is 5.71. The van der Waals surface area contributed by atoms with Crippen LogP contribution in [-0.2, 0) is 28.6 Å². The molecule has 1 atom stereocenters. The maximum absolute atomic E-state index is 12.6. The van der Waals surface area contributed by atoms with Crippen molar-refractivity contribution in [2.75, 3.05) is 13.2 Å². The van der Waals surface area contributed by atoms with Crippen molar-refractivity contribution in [3.8, 4) is 0 Å². The van der Waals surface area contributed by atoms with Crippen molar-refractivity contribution < 1.29 is 28.6 Å². The molecule has 6 heteroatoms. The monoisotopic (exact) mass is 695 g/mol. The summed E-state index contributed by atoms with van der Waals surface area (Å²) in [6.07, 6.45) is 32.7. The normalized spacial score (nSPS) is 12.1. The lowest BCUT2D eigenvalue weighted by Gasteiger charge is -2.18. The molecule has 290 valence electrons. The Morgan fingerprint density at radius 3 is 1.00 bits per heavy atom. The second-order valence-electron chi connectivity index (χ2n) is 15.6. The fraction of sp³-hybridized carbons (Fsp3) is 0.930. The summed E-state index contributed by atoms with van der Waals surface area (Å²) in [5.74, 6) is 0.742. The molecule has 0 heterocycles. The lowest BCUT2D eigenvalue weighted by atomic mass is 10.0. The third kappa shape index (κ3) is 37.5. The summed E-state index contributed by atoms with van der Waals surface area (Å²) in [6, 6.07) is 0. The summed E-state index contributed by atoms with van der Waals surface area (Å²) in [6.45, 7) is 11.2. The quantitative estimate of drug-likeness (QED) is 0.0366. The van der Waals surface area contributed by atoms with E-state index in [1.165, 1.54) is 109 Å². The first-order chi connectivity index (χ1) is 23.7. The zero-order valence-corrected chi connectivity index (χ0v) is 33.3. The minimum atomic E-state index is -0.758. The number of carbonyl (C=O) groups is 3. The molecule has 0 N–H and O–H groups in total. The van der Waals surface area contributed by atoms with E-state index in [1.54, 1.807) is 0 Å². The number of rotatable bonds is 37. The highest BCUT2D eigenvalue weighted by atomic mass is 16.6. The van der Waals surface area contributed by atoms with Gasteiger partial charge in [0.1, 0.15) is 13.2 Å². The molecule has 0 saturated heterocycles. The van der Waals surface area contributed by atoms with Gasteiger partial charge in [-0.05, 0) is 31.1 Å². The molecule has 0 aromatic rings. The van der Waals surface area contributed by atoms with Gasteiger partial charge in [-0.1, -0.05) is 189 Å². The molecule has 0 saturated carbocycles. The zero-order valence-electron chi connectivity index (χ0n) is 33.3. The highest BCUT2D eigenvalue weighted by Gasteiger charge is 2.19. The van der Waals surface area contributed by atoms with Crippen LogP contribution in [0.1, 0.15) is 227 Å². The summed E-state index contributed by atoms with van der Waals surface area (Å²) in [4.78, 5) is 37.3. The van der Waals surface area contributed by atoms with E-state index in [0.29, 0.717) is 19.3 Å². The molecule has 6 nitrogen and oxygen atoms in total. The Morgan fingerprint density at radius 2 is 0.673 bits per heavy atom. The summed E-state index contributed by atoms with van der Waals surface area (Å²) < 4.78 is 16.6. The Morgan fingerprint density at radius 1 is 0.388 bits per heavy atom. The van der Waals surface area contributed by atoms with Crippen LogP contribution in [0.25, 0.3) is 0 Å². The Bertz CT molecular complexity index is 749. The van der Waals surface area contributed by atoms with Crippen molar-refractivity contribution in [1.82, 2.24) is 0 Å². The maximum Gasteiger partial charge on any atom is 0.306 e. The van der Waals surface area contributed by atoms with E-state index in [2.05, 4.69) is 34.6 Å². The Kier molecular flexibility index (Phi) is 35.0. The molecule has 0 aliphatic carbocycles. The second-order valence-corrected chi connectivity index (χ2v) is 15.6. The van der Waals surface area contributed by atoms with Gasteiger partial charge in [-0.15, -0.1) is 0 Å². The SMILES string of the molecule is CCCCCCCC(=O)OC[C@H](COC(=O)CCCCCCCCCC(C)C)OC(=O)CCCCCCCCCCCCCCCC(C)C. The van der Waals surface area contributed by atoms with Crippen LogP contribution < -0.4 is 0 Å². The fourth-order valence-electron chi connectivity index (χ4n) is 6.22. The van der Waals surface area contributed by atoms with Gasteiger partial charge in [0.15, 0.2) is 6.10 Å². The molecule has 0 aromatic carbocycles. The summed E-state index contributed by atoms with van der Waals surface area (Å²) in [5.41, 5.74) is 0. The van der Waals surface area contributed by atoms with Gasteiger partial charge in [-0.3, -0.25) is 14.4 Å². The van der Waals surface area contributed by atoms with Crippen molar-refractivity contribution >= 4 is 17.9 Å². The number of hydrogen-bond donors (Lipinski definition) is 0. The standard InChI is InChI=1S/C43H82O6/c1-6-7-8-21-28-33-41(44)47-36-40(37-48-42(45)34-29-24-20-16-18-23-27-32-39(4)5)49-43(46)35-30-25-19-15-13-11-9-10-12-14-17-22-26-31-38(2)3/h38-40H,6-37H2,1-5H3/t40-/m1/s1.